The molecule has 1 N–H and O–H groups in total. The maximum absolute atomic E-state index is 12.0. The van der Waals surface area contributed by atoms with Gasteiger partial charge < -0.3 is 5.32 Å². The van der Waals surface area contributed by atoms with Crippen molar-refractivity contribution in [3.63, 3.8) is 0 Å². The molecule has 3 heteroatoms. The topological polar surface area (TPSA) is 29.1 Å². The molecule has 3 aliphatic carbocycles. The summed E-state index contributed by atoms with van der Waals surface area (Å²) in [5, 5.41) is 3.08. The van der Waals surface area contributed by atoms with Gasteiger partial charge in [0.05, 0.1) is 0 Å². The zero-order valence-corrected chi connectivity index (χ0v) is 10.4. The lowest BCUT2D eigenvalue weighted by molar-refractivity contribution is -0.123. The van der Waals surface area contributed by atoms with Crippen molar-refractivity contribution in [1.29, 1.82) is 0 Å². The second-order valence-corrected chi connectivity index (χ2v) is 6.08. The quantitative estimate of drug-likeness (QED) is 0.581. The maximum Gasteiger partial charge on any atom is 0.223 e. The molecular weight excluding hydrogens is 222 g/mol. The molecule has 0 aromatic rings. The molecular formula is C13H20ClNO. The lowest BCUT2D eigenvalue weighted by atomic mass is 10.0. The van der Waals surface area contributed by atoms with Crippen LogP contribution in [0.25, 0.3) is 0 Å². The average Bonchev–Trinajstić information content (AvgIpc) is 2.74. The smallest absolute Gasteiger partial charge is 0.223 e. The van der Waals surface area contributed by atoms with E-state index in [-0.39, 0.29) is 0 Å². The van der Waals surface area contributed by atoms with Gasteiger partial charge in [0.15, 0.2) is 0 Å². The van der Waals surface area contributed by atoms with E-state index in [9.17, 15) is 4.79 Å². The molecule has 2 bridgehead atoms. The molecule has 16 heavy (non-hydrogen) atoms. The number of fused-ring (bicyclic) bond motifs is 5. The summed E-state index contributed by atoms with van der Waals surface area (Å²) in [7, 11) is 0. The molecule has 1 amide bonds. The Kier molecular flexibility index (Phi) is 2.87. The second kappa shape index (κ2) is 4.21. The van der Waals surface area contributed by atoms with E-state index in [1.165, 1.54) is 19.3 Å². The maximum atomic E-state index is 12.0. The summed E-state index contributed by atoms with van der Waals surface area (Å²) in [4.78, 5) is 12.0. The van der Waals surface area contributed by atoms with E-state index < -0.39 is 0 Å². The van der Waals surface area contributed by atoms with Crippen molar-refractivity contribution in [1.82, 2.24) is 5.32 Å². The predicted molar refractivity (Wildman–Crippen MR) is 64.3 cm³/mol. The lowest BCUT2D eigenvalue weighted by Gasteiger charge is -2.09. The van der Waals surface area contributed by atoms with Crippen LogP contribution in [0.1, 0.15) is 32.1 Å². The Morgan fingerprint density at radius 2 is 1.88 bits per heavy atom. The third-order valence-corrected chi connectivity index (χ3v) is 5.16. The van der Waals surface area contributed by atoms with Gasteiger partial charge in [-0.3, -0.25) is 4.79 Å². The summed E-state index contributed by atoms with van der Waals surface area (Å²) in [6, 6.07) is 0. The number of alkyl halides is 1. The van der Waals surface area contributed by atoms with Gasteiger partial charge >= 0.3 is 0 Å². The molecule has 3 rings (SSSR count). The zero-order chi connectivity index (χ0) is 11.1. The largest absolute Gasteiger partial charge is 0.356 e. The third kappa shape index (κ3) is 1.66. The van der Waals surface area contributed by atoms with Crippen molar-refractivity contribution in [3.05, 3.63) is 0 Å². The molecule has 2 nitrogen and oxygen atoms in total. The average molecular weight is 242 g/mol. The molecule has 0 aliphatic heterocycles. The highest BCUT2D eigenvalue weighted by Crippen LogP contribution is 2.69. The summed E-state index contributed by atoms with van der Waals surface area (Å²) < 4.78 is 0. The van der Waals surface area contributed by atoms with Gasteiger partial charge in [-0.05, 0) is 55.8 Å². The van der Waals surface area contributed by atoms with Gasteiger partial charge in [0.2, 0.25) is 5.91 Å². The number of hydrogen-bond acceptors (Lipinski definition) is 1. The Morgan fingerprint density at radius 3 is 2.50 bits per heavy atom. The van der Waals surface area contributed by atoms with Crippen molar-refractivity contribution in [2.24, 2.45) is 29.6 Å². The zero-order valence-electron chi connectivity index (χ0n) is 9.62. The van der Waals surface area contributed by atoms with E-state index in [0.717, 1.165) is 43.1 Å². The third-order valence-electron chi connectivity index (χ3n) is 4.90. The van der Waals surface area contributed by atoms with Crippen LogP contribution in [0.2, 0.25) is 0 Å². The summed E-state index contributed by atoms with van der Waals surface area (Å²) in [5.41, 5.74) is 0. The Labute approximate surface area is 102 Å². The highest BCUT2D eigenvalue weighted by Gasteiger charge is 2.67. The SMILES string of the molecule is O=C(NCCCCCl)C1C2C3CCC(C3)C12. The Bertz CT molecular complexity index is 278. The minimum absolute atomic E-state index is 0.334. The van der Waals surface area contributed by atoms with Crippen molar-refractivity contribution in [2.45, 2.75) is 32.1 Å². The predicted octanol–water partition coefficient (Wildman–Crippen LogP) is 2.41. The fraction of sp³-hybridized carbons (Fsp3) is 0.923. The van der Waals surface area contributed by atoms with Gasteiger partial charge in [0, 0.05) is 18.3 Å². The van der Waals surface area contributed by atoms with Gasteiger partial charge in [0.25, 0.3) is 0 Å². The van der Waals surface area contributed by atoms with Crippen LogP contribution in [-0.4, -0.2) is 18.3 Å². The van der Waals surface area contributed by atoms with Crippen LogP contribution in [0.4, 0.5) is 0 Å². The molecule has 0 radical (unpaired) electrons. The van der Waals surface area contributed by atoms with Crippen LogP contribution in [0.3, 0.4) is 0 Å². The van der Waals surface area contributed by atoms with Crippen LogP contribution in [0.15, 0.2) is 0 Å². The molecule has 3 saturated carbocycles. The monoisotopic (exact) mass is 241 g/mol. The first-order valence-electron chi connectivity index (χ1n) is 6.66. The fourth-order valence-electron chi connectivity index (χ4n) is 4.22. The van der Waals surface area contributed by atoms with E-state index in [1.54, 1.807) is 0 Å². The van der Waals surface area contributed by atoms with Gasteiger partial charge in [-0.1, -0.05) is 0 Å². The number of amides is 1. The van der Waals surface area contributed by atoms with Gasteiger partial charge in [-0.2, -0.15) is 0 Å². The summed E-state index contributed by atoms with van der Waals surface area (Å²) in [6.45, 7) is 0.816. The summed E-state index contributed by atoms with van der Waals surface area (Å²) in [5.74, 6) is 4.76. The molecule has 3 aliphatic rings. The number of carbonyl (C=O) groups excluding carboxylic acids is 1. The first-order valence-corrected chi connectivity index (χ1v) is 7.20. The molecule has 0 heterocycles. The number of carbonyl (C=O) groups is 1. The van der Waals surface area contributed by atoms with Crippen molar-refractivity contribution >= 4 is 17.5 Å². The molecule has 0 aromatic carbocycles. The van der Waals surface area contributed by atoms with Crippen LogP contribution in [0, 0.1) is 29.6 Å². The van der Waals surface area contributed by atoms with E-state index in [4.69, 9.17) is 11.6 Å². The molecule has 4 unspecified atom stereocenters. The molecule has 90 valence electrons. The molecule has 0 aromatic heterocycles. The Balaban J connectivity index is 1.44. The van der Waals surface area contributed by atoms with E-state index in [0.29, 0.717) is 17.7 Å². The Morgan fingerprint density at radius 1 is 1.19 bits per heavy atom. The first-order chi connectivity index (χ1) is 7.83. The Hall–Kier alpha value is -0.240. The fourth-order valence-corrected chi connectivity index (χ4v) is 4.41. The normalized spacial score (nSPS) is 43.2. The molecule has 3 fully saturated rings. The molecule has 0 spiro atoms. The number of unbranched alkanes of at least 4 members (excludes halogenated alkanes) is 1. The standard InChI is InChI=1S/C13H20ClNO/c14-5-1-2-6-15-13(16)12-10-8-3-4-9(7-8)11(10)12/h8-12H,1-7H2,(H,15,16). The minimum atomic E-state index is 0.334. The number of halogens is 1. The first kappa shape index (κ1) is 10.9. The summed E-state index contributed by atoms with van der Waals surface area (Å²) >= 11 is 5.60. The molecule has 4 atom stereocenters. The van der Waals surface area contributed by atoms with Crippen LogP contribution >= 0.6 is 11.6 Å². The lowest BCUT2D eigenvalue weighted by Crippen LogP contribution is -2.28. The van der Waals surface area contributed by atoms with E-state index >= 15 is 0 Å². The summed E-state index contributed by atoms with van der Waals surface area (Å²) in [6.07, 6.45) is 6.23. The van der Waals surface area contributed by atoms with Crippen molar-refractivity contribution in [3.8, 4) is 0 Å². The van der Waals surface area contributed by atoms with Crippen LogP contribution in [0.5, 0.6) is 0 Å². The highest BCUT2D eigenvalue weighted by atomic mass is 35.5. The van der Waals surface area contributed by atoms with Gasteiger partial charge in [-0.15, -0.1) is 11.6 Å². The van der Waals surface area contributed by atoms with Crippen LogP contribution in [-0.2, 0) is 4.79 Å². The number of nitrogens with one attached hydrogen (secondary N) is 1. The van der Waals surface area contributed by atoms with E-state index in [1.807, 2.05) is 0 Å². The molecule has 0 saturated heterocycles. The number of hydrogen-bond donors (Lipinski definition) is 1. The minimum Gasteiger partial charge on any atom is -0.356 e. The van der Waals surface area contributed by atoms with Gasteiger partial charge in [-0.25, -0.2) is 0 Å². The van der Waals surface area contributed by atoms with Crippen LogP contribution < -0.4 is 5.32 Å². The van der Waals surface area contributed by atoms with E-state index in [2.05, 4.69) is 5.32 Å². The number of rotatable bonds is 5. The second-order valence-electron chi connectivity index (χ2n) is 5.70. The van der Waals surface area contributed by atoms with Crippen molar-refractivity contribution in [2.75, 3.05) is 12.4 Å². The highest BCUT2D eigenvalue weighted by molar-refractivity contribution is 6.17. The van der Waals surface area contributed by atoms with Crippen molar-refractivity contribution < 1.29 is 4.79 Å². The van der Waals surface area contributed by atoms with Gasteiger partial charge in [0.1, 0.15) is 0 Å².